The smallest absolute Gasteiger partial charge is 0.261 e. The molecule has 2 aromatic rings. The minimum Gasteiger partial charge on any atom is -0.309 e. The number of nitrogens with one attached hydrogen (secondary N) is 1. The van der Waals surface area contributed by atoms with Crippen LogP contribution in [0.1, 0.15) is 43.6 Å². The topological polar surface area (TPSA) is 126 Å². The first-order valence-electron chi connectivity index (χ1n) is 10.4. The van der Waals surface area contributed by atoms with Crippen molar-refractivity contribution >= 4 is 43.2 Å². The number of sulfonamides is 1. The molecule has 1 aromatic heterocycles. The second kappa shape index (κ2) is 10.0. The molecular formula is C21H27ClN4O5S2. The van der Waals surface area contributed by atoms with Crippen LogP contribution in [0.4, 0.5) is 5.82 Å². The Bertz CT molecular complexity index is 1230. The molecule has 0 aliphatic heterocycles. The molecule has 1 atom stereocenters. The number of anilines is 1. The van der Waals surface area contributed by atoms with E-state index in [-0.39, 0.29) is 26.7 Å². The largest absolute Gasteiger partial charge is 0.309 e. The molecule has 0 unspecified atom stereocenters. The zero-order chi connectivity index (χ0) is 24.4. The molecule has 0 spiro atoms. The number of carbonyl (C=O) groups excluding carboxylic acids is 1. The molecule has 0 bridgehead atoms. The van der Waals surface area contributed by atoms with Gasteiger partial charge in [-0.1, -0.05) is 43.4 Å². The van der Waals surface area contributed by atoms with Gasteiger partial charge in [-0.15, -0.1) is 0 Å². The third kappa shape index (κ3) is 6.08. The summed E-state index contributed by atoms with van der Waals surface area (Å²) in [5, 5.41) is 2.55. The van der Waals surface area contributed by atoms with Crippen molar-refractivity contribution in [2.45, 2.75) is 47.9 Å². The monoisotopic (exact) mass is 514 g/mol. The minimum atomic E-state index is -3.73. The van der Waals surface area contributed by atoms with E-state index in [0.29, 0.717) is 17.9 Å². The summed E-state index contributed by atoms with van der Waals surface area (Å²) < 4.78 is 49.2. The van der Waals surface area contributed by atoms with Crippen LogP contribution in [0.2, 0.25) is 5.02 Å². The lowest BCUT2D eigenvalue weighted by atomic mass is 9.87. The van der Waals surface area contributed by atoms with Gasteiger partial charge in [-0.3, -0.25) is 4.79 Å². The third-order valence-electron chi connectivity index (χ3n) is 5.74. The Morgan fingerprint density at radius 1 is 1.15 bits per heavy atom. The molecule has 0 saturated heterocycles. The van der Waals surface area contributed by atoms with Gasteiger partial charge in [0.2, 0.25) is 5.91 Å². The average molecular weight is 515 g/mol. The number of halogens is 1. The predicted molar refractivity (Wildman–Crippen MR) is 125 cm³/mol. The fourth-order valence-corrected chi connectivity index (χ4v) is 6.01. The van der Waals surface area contributed by atoms with Crippen molar-refractivity contribution < 1.29 is 21.6 Å². The SMILES string of the molecule is CN(C)S(=O)(=O)c1cnc(NC(=O)[C@H](CC2CCCC2)c2ccc(S(C)(=O)=O)c(Cl)c2)cn1. The van der Waals surface area contributed by atoms with Crippen molar-refractivity contribution in [3.63, 3.8) is 0 Å². The lowest BCUT2D eigenvalue weighted by Crippen LogP contribution is -2.25. The Labute approximate surface area is 199 Å². The number of nitrogens with zero attached hydrogens (tertiary/aromatic N) is 3. The lowest BCUT2D eigenvalue weighted by molar-refractivity contribution is -0.118. The Morgan fingerprint density at radius 2 is 1.82 bits per heavy atom. The van der Waals surface area contributed by atoms with Crippen LogP contribution < -0.4 is 5.32 Å². The molecule has 1 heterocycles. The van der Waals surface area contributed by atoms with Crippen LogP contribution in [0.25, 0.3) is 0 Å². The summed E-state index contributed by atoms with van der Waals surface area (Å²) in [6.07, 6.45) is 8.22. The van der Waals surface area contributed by atoms with E-state index >= 15 is 0 Å². The number of amides is 1. The molecule has 1 aromatic carbocycles. The molecule has 1 aliphatic rings. The van der Waals surface area contributed by atoms with E-state index in [2.05, 4.69) is 15.3 Å². The second-order valence-corrected chi connectivity index (χ2v) is 12.9. The molecule has 1 amide bonds. The van der Waals surface area contributed by atoms with Crippen LogP contribution in [0.3, 0.4) is 0 Å². The molecule has 3 rings (SSSR count). The molecule has 9 nitrogen and oxygen atoms in total. The Hall–Kier alpha value is -2.08. The Kier molecular flexibility index (Phi) is 7.77. The average Bonchev–Trinajstić information content (AvgIpc) is 3.24. The van der Waals surface area contributed by atoms with E-state index in [1.54, 1.807) is 6.07 Å². The minimum absolute atomic E-state index is 0.0106. The van der Waals surface area contributed by atoms with Gasteiger partial charge < -0.3 is 5.32 Å². The summed E-state index contributed by atoms with van der Waals surface area (Å²) in [4.78, 5) is 21.2. The third-order valence-corrected chi connectivity index (χ3v) is 9.02. The Morgan fingerprint density at radius 3 is 2.33 bits per heavy atom. The van der Waals surface area contributed by atoms with Crippen molar-refractivity contribution in [2.24, 2.45) is 5.92 Å². The first-order valence-corrected chi connectivity index (χ1v) is 14.2. The number of rotatable bonds is 8. The highest BCUT2D eigenvalue weighted by molar-refractivity contribution is 7.90. The lowest BCUT2D eigenvalue weighted by Gasteiger charge is -2.21. The van der Waals surface area contributed by atoms with Crippen LogP contribution in [0.15, 0.2) is 40.5 Å². The summed E-state index contributed by atoms with van der Waals surface area (Å²) in [5.74, 6) is -0.436. The summed E-state index contributed by atoms with van der Waals surface area (Å²) >= 11 is 6.23. The molecule has 1 N–H and O–H groups in total. The predicted octanol–water partition coefficient (Wildman–Crippen LogP) is 3.09. The van der Waals surface area contributed by atoms with Gasteiger partial charge in [-0.25, -0.2) is 31.1 Å². The van der Waals surface area contributed by atoms with Crippen molar-refractivity contribution in [3.05, 3.63) is 41.2 Å². The first-order chi connectivity index (χ1) is 15.4. The quantitative estimate of drug-likeness (QED) is 0.573. The van der Waals surface area contributed by atoms with E-state index in [1.165, 1.54) is 32.4 Å². The van der Waals surface area contributed by atoms with E-state index < -0.39 is 25.8 Å². The van der Waals surface area contributed by atoms with E-state index in [1.807, 2.05) is 0 Å². The van der Waals surface area contributed by atoms with Crippen LogP contribution in [0, 0.1) is 5.92 Å². The number of carbonyl (C=O) groups is 1. The molecule has 0 radical (unpaired) electrons. The van der Waals surface area contributed by atoms with Gasteiger partial charge in [-0.05, 0) is 30.0 Å². The number of hydrogen-bond acceptors (Lipinski definition) is 7. The number of sulfone groups is 1. The standard InChI is InChI=1S/C21H27ClN4O5S2/c1-26(2)33(30,31)20-13-23-19(12-24-20)25-21(27)16(10-14-6-4-5-7-14)15-8-9-18(17(22)11-15)32(3,28)29/h8-9,11-14,16H,4-7,10H2,1-3H3,(H,23,25,27)/t16-/m1/s1. The maximum atomic E-state index is 13.2. The molecule has 12 heteroatoms. The highest BCUT2D eigenvalue weighted by Gasteiger charge is 2.28. The van der Waals surface area contributed by atoms with Crippen molar-refractivity contribution in [2.75, 3.05) is 25.7 Å². The first kappa shape index (κ1) is 25.5. The van der Waals surface area contributed by atoms with Gasteiger partial charge in [0.15, 0.2) is 20.7 Å². The maximum absolute atomic E-state index is 13.2. The van der Waals surface area contributed by atoms with Crippen LogP contribution in [0.5, 0.6) is 0 Å². The van der Waals surface area contributed by atoms with Crippen LogP contribution in [-0.4, -0.2) is 57.4 Å². The van der Waals surface area contributed by atoms with Gasteiger partial charge in [-0.2, -0.15) is 0 Å². The molecule has 180 valence electrons. The number of aromatic nitrogens is 2. The normalized spacial score (nSPS) is 16.2. The van der Waals surface area contributed by atoms with Crippen molar-refractivity contribution in [1.29, 1.82) is 0 Å². The molecule has 33 heavy (non-hydrogen) atoms. The van der Waals surface area contributed by atoms with E-state index in [0.717, 1.165) is 42.4 Å². The van der Waals surface area contributed by atoms with Crippen LogP contribution >= 0.6 is 11.6 Å². The summed E-state index contributed by atoms with van der Waals surface area (Å²) in [6, 6.07) is 4.55. The highest BCUT2D eigenvalue weighted by atomic mass is 35.5. The van der Waals surface area contributed by atoms with E-state index in [9.17, 15) is 21.6 Å². The zero-order valence-electron chi connectivity index (χ0n) is 18.7. The number of benzene rings is 1. The van der Waals surface area contributed by atoms with Crippen LogP contribution in [-0.2, 0) is 24.7 Å². The molecule has 1 saturated carbocycles. The van der Waals surface area contributed by atoms with Gasteiger partial charge in [0.1, 0.15) is 0 Å². The fourth-order valence-electron chi connectivity index (χ4n) is 3.92. The summed E-state index contributed by atoms with van der Waals surface area (Å²) in [5.41, 5.74) is 0.608. The van der Waals surface area contributed by atoms with Gasteiger partial charge in [0, 0.05) is 20.4 Å². The molecule has 1 aliphatic carbocycles. The molecule has 1 fully saturated rings. The number of hydrogen-bond donors (Lipinski definition) is 1. The van der Waals surface area contributed by atoms with Gasteiger partial charge in [0.25, 0.3) is 10.0 Å². The van der Waals surface area contributed by atoms with Crippen molar-refractivity contribution in [1.82, 2.24) is 14.3 Å². The van der Waals surface area contributed by atoms with Gasteiger partial charge in [0.05, 0.1) is 28.2 Å². The molecular weight excluding hydrogens is 488 g/mol. The van der Waals surface area contributed by atoms with Gasteiger partial charge >= 0.3 is 0 Å². The Balaban J connectivity index is 1.87. The fraction of sp³-hybridized carbons (Fsp3) is 0.476. The summed E-state index contributed by atoms with van der Waals surface area (Å²) in [6.45, 7) is 0. The summed E-state index contributed by atoms with van der Waals surface area (Å²) in [7, 11) is -4.45. The van der Waals surface area contributed by atoms with Crippen molar-refractivity contribution in [3.8, 4) is 0 Å². The maximum Gasteiger partial charge on any atom is 0.261 e. The zero-order valence-corrected chi connectivity index (χ0v) is 21.0. The van der Waals surface area contributed by atoms with E-state index in [4.69, 9.17) is 11.6 Å². The second-order valence-electron chi connectivity index (χ2n) is 8.42. The highest BCUT2D eigenvalue weighted by Crippen LogP contribution is 2.36.